The van der Waals surface area contributed by atoms with Crippen LogP contribution in [-0.4, -0.2) is 37.0 Å². The number of piperazine rings is 1. The van der Waals surface area contributed by atoms with Gasteiger partial charge in [0.15, 0.2) is 0 Å². The average molecular weight is 395 g/mol. The molecule has 2 heterocycles. The Kier molecular flexibility index (Phi) is 4.99. The number of hydrogen-bond donors (Lipinski definition) is 1. The maximum Gasteiger partial charge on any atom is 0.416 e. The molecular weight excluding hydrogens is 373 g/mol. The molecular formula is C20H22F3N2OS+. The molecule has 144 valence electrons. The lowest BCUT2D eigenvalue weighted by atomic mass is 10.1. The molecule has 1 aromatic carbocycles. The minimum atomic E-state index is -4.31. The van der Waals surface area contributed by atoms with Crippen LogP contribution in [0.2, 0.25) is 0 Å². The van der Waals surface area contributed by atoms with E-state index in [-0.39, 0.29) is 5.91 Å². The molecule has 0 radical (unpaired) electrons. The van der Waals surface area contributed by atoms with Gasteiger partial charge in [-0.05, 0) is 43.0 Å². The summed E-state index contributed by atoms with van der Waals surface area (Å²) in [6.07, 6.45) is -0.957. The lowest BCUT2D eigenvalue weighted by Crippen LogP contribution is -3.13. The Balaban J connectivity index is 1.34. The van der Waals surface area contributed by atoms with Crippen molar-refractivity contribution < 1.29 is 22.9 Å². The summed E-state index contributed by atoms with van der Waals surface area (Å²) in [4.78, 5) is 18.0. The van der Waals surface area contributed by atoms with E-state index in [1.807, 2.05) is 4.90 Å². The Morgan fingerprint density at radius 3 is 2.63 bits per heavy atom. The molecule has 1 aromatic heterocycles. The normalized spacial score (nSPS) is 18.0. The molecule has 1 amide bonds. The third-order valence-corrected chi connectivity index (χ3v) is 6.65. The van der Waals surface area contributed by atoms with E-state index in [0.717, 1.165) is 36.9 Å². The van der Waals surface area contributed by atoms with Crippen LogP contribution in [0.25, 0.3) is 0 Å². The number of nitrogens with one attached hydrogen (secondary N) is 1. The van der Waals surface area contributed by atoms with Crippen molar-refractivity contribution in [1.29, 1.82) is 0 Å². The molecule has 1 aliphatic carbocycles. The largest absolute Gasteiger partial charge is 0.416 e. The zero-order valence-corrected chi connectivity index (χ0v) is 15.8. The van der Waals surface area contributed by atoms with Crippen LogP contribution in [-0.2, 0) is 25.6 Å². The number of carbonyl (C=O) groups excluding carboxylic acids is 1. The molecule has 4 rings (SSSR count). The standard InChI is InChI=1S/C20H21F3N2OS/c21-20(22,23)16-5-1-3-14(11-16)13-24-7-9-25(10-8-24)19(26)18-12-15-4-2-6-17(15)27-18/h1,3,5,11-12H,2,4,6-10,13H2/p+1. The van der Waals surface area contributed by atoms with Crippen LogP contribution in [0.3, 0.4) is 0 Å². The highest BCUT2D eigenvalue weighted by molar-refractivity contribution is 7.14. The van der Waals surface area contributed by atoms with Crippen molar-refractivity contribution in [3.8, 4) is 0 Å². The lowest BCUT2D eigenvalue weighted by molar-refractivity contribution is -0.917. The monoisotopic (exact) mass is 395 g/mol. The number of benzene rings is 1. The van der Waals surface area contributed by atoms with Crippen molar-refractivity contribution in [1.82, 2.24) is 4.90 Å². The van der Waals surface area contributed by atoms with Crippen LogP contribution in [0.4, 0.5) is 13.2 Å². The summed E-state index contributed by atoms with van der Waals surface area (Å²) in [5.74, 6) is 0.104. The van der Waals surface area contributed by atoms with E-state index in [0.29, 0.717) is 25.2 Å². The summed E-state index contributed by atoms with van der Waals surface area (Å²) >= 11 is 1.63. The molecule has 2 aliphatic rings. The maximum absolute atomic E-state index is 12.9. The number of thiophene rings is 1. The number of quaternary nitrogens is 1. The van der Waals surface area contributed by atoms with Crippen LogP contribution < -0.4 is 4.90 Å². The molecule has 2 aromatic rings. The average Bonchev–Trinajstić information content (AvgIpc) is 3.23. The van der Waals surface area contributed by atoms with Crippen molar-refractivity contribution in [2.75, 3.05) is 26.2 Å². The second kappa shape index (κ2) is 7.28. The summed E-state index contributed by atoms with van der Waals surface area (Å²) in [6, 6.07) is 7.60. The first kappa shape index (κ1) is 18.5. The molecule has 0 bridgehead atoms. The minimum absolute atomic E-state index is 0.104. The van der Waals surface area contributed by atoms with E-state index in [4.69, 9.17) is 0 Å². The molecule has 0 atom stereocenters. The molecule has 0 spiro atoms. The van der Waals surface area contributed by atoms with E-state index in [9.17, 15) is 18.0 Å². The number of halogens is 3. The van der Waals surface area contributed by atoms with Gasteiger partial charge in [-0.1, -0.05) is 12.1 Å². The fraction of sp³-hybridized carbons (Fsp3) is 0.450. The minimum Gasteiger partial charge on any atom is -0.328 e. The van der Waals surface area contributed by atoms with Crippen molar-refractivity contribution >= 4 is 17.2 Å². The van der Waals surface area contributed by atoms with Crippen molar-refractivity contribution in [3.63, 3.8) is 0 Å². The number of alkyl halides is 3. The first-order valence-corrected chi connectivity index (χ1v) is 10.1. The van der Waals surface area contributed by atoms with Crippen LogP contribution in [0.1, 0.15) is 37.7 Å². The van der Waals surface area contributed by atoms with Crippen LogP contribution in [0.15, 0.2) is 30.3 Å². The van der Waals surface area contributed by atoms with E-state index >= 15 is 0 Å². The second-order valence-corrected chi connectivity index (χ2v) is 8.47. The van der Waals surface area contributed by atoms with E-state index in [1.165, 1.54) is 33.9 Å². The Hall–Kier alpha value is -1.86. The van der Waals surface area contributed by atoms with Crippen molar-refractivity contribution in [2.45, 2.75) is 32.0 Å². The molecule has 0 unspecified atom stereocenters. The number of carbonyl (C=O) groups is 1. The van der Waals surface area contributed by atoms with Gasteiger partial charge < -0.3 is 9.80 Å². The Morgan fingerprint density at radius 1 is 1.15 bits per heavy atom. The maximum atomic E-state index is 12.9. The molecule has 1 N–H and O–H groups in total. The summed E-state index contributed by atoms with van der Waals surface area (Å²) in [5, 5.41) is 0. The van der Waals surface area contributed by atoms with Gasteiger partial charge in [0.05, 0.1) is 36.6 Å². The smallest absolute Gasteiger partial charge is 0.328 e. The number of rotatable bonds is 3. The molecule has 1 fully saturated rings. The van der Waals surface area contributed by atoms with Gasteiger partial charge in [0.25, 0.3) is 5.91 Å². The van der Waals surface area contributed by atoms with E-state index in [2.05, 4.69) is 6.07 Å². The van der Waals surface area contributed by atoms with Crippen molar-refractivity contribution in [2.24, 2.45) is 0 Å². The summed E-state index contributed by atoms with van der Waals surface area (Å²) in [7, 11) is 0. The molecule has 27 heavy (non-hydrogen) atoms. The number of hydrogen-bond acceptors (Lipinski definition) is 2. The van der Waals surface area contributed by atoms with Crippen LogP contribution >= 0.6 is 11.3 Å². The molecule has 1 aliphatic heterocycles. The quantitative estimate of drug-likeness (QED) is 0.849. The van der Waals surface area contributed by atoms with Crippen molar-refractivity contribution in [3.05, 3.63) is 56.8 Å². The first-order valence-electron chi connectivity index (χ1n) is 9.31. The number of aryl methyl sites for hydroxylation is 2. The summed E-state index contributed by atoms with van der Waals surface area (Å²) in [5.41, 5.74) is 1.42. The third-order valence-electron chi connectivity index (χ3n) is 5.42. The number of fused-ring (bicyclic) bond motifs is 1. The molecule has 1 saturated heterocycles. The highest BCUT2D eigenvalue weighted by Gasteiger charge is 2.31. The van der Waals surface area contributed by atoms with Gasteiger partial charge in [0.1, 0.15) is 6.54 Å². The lowest BCUT2D eigenvalue weighted by Gasteiger charge is -2.32. The van der Waals surface area contributed by atoms with Gasteiger partial charge in [-0.15, -0.1) is 11.3 Å². The van der Waals surface area contributed by atoms with Crippen LogP contribution in [0.5, 0.6) is 0 Å². The molecule has 7 heteroatoms. The second-order valence-electron chi connectivity index (χ2n) is 7.33. The Labute approximate surface area is 160 Å². The van der Waals surface area contributed by atoms with Gasteiger partial charge in [-0.2, -0.15) is 13.2 Å². The fourth-order valence-corrected chi connectivity index (χ4v) is 5.16. The fourth-order valence-electron chi connectivity index (χ4n) is 3.94. The highest BCUT2D eigenvalue weighted by atomic mass is 32.1. The summed E-state index contributed by atoms with van der Waals surface area (Å²) in [6.45, 7) is 3.37. The zero-order chi connectivity index (χ0) is 19.0. The Morgan fingerprint density at radius 2 is 1.93 bits per heavy atom. The third kappa shape index (κ3) is 4.04. The van der Waals surface area contributed by atoms with Gasteiger partial charge in [-0.25, -0.2) is 0 Å². The highest BCUT2D eigenvalue weighted by Crippen LogP contribution is 2.31. The summed E-state index contributed by atoms with van der Waals surface area (Å²) < 4.78 is 38.6. The zero-order valence-electron chi connectivity index (χ0n) is 14.9. The van der Waals surface area contributed by atoms with E-state index < -0.39 is 11.7 Å². The number of amides is 1. The van der Waals surface area contributed by atoms with Gasteiger partial charge in [-0.3, -0.25) is 4.79 Å². The topological polar surface area (TPSA) is 24.8 Å². The van der Waals surface area contributed by atoms with E-state index in [1.54, 1.807) is 17.4 Å². The predicted octanol–water partition coefficient (Wildman–Crippen LogP) is 2.80. The Bertz CT molecular complexity index is 816. The number of nitrogens with zero attached hydrogens (tertiary/aromatic N) is 1. The predicted molar refractivity (Wildman–Crippen MR) is 98.1 cm³/mol. The van der Waals surface area contributed by atoms with Gasteiger partial charge >= 0.3 is 6.18 Å². The van der Waals surface area contributed by atoms with Crippen LogP contribution in [0, 0.1) is 0 Å². The molecule has 0 saturated carbocycles. The first-order chi connectivity index (χ1) is 12.9. The van der Waals surface area contributed by atoms with Gasteiger partial charge in [0, 0.05) is 10.4 Å². The SMILES string of the molecule is O=C(c1cc2c(s1)CCC2)N1CC[NH+](Cc2cccc(C(F)(F)F)c2)CC1. The molecule has 3 nitrogen and oxygen atoms in total. The van der Waals surface area contributed by atoms with Gasteiger partial charge in [0.2, 0.25) is 0 Å².